The topological polar surface area (TPSA) is 53.4 Å². The van der Waals surface area contributed by atoms with Crippen molar-refractivity contribution in [1.82, 2.24) is 9.55 Å². The molecular formula is C36H27FN2O3. The lowest BCUT2D eigenvalue weighted by atomic mass is 10.1. The van der Waals surface area contributed by atoms with E-state index in [1.54, 1.807) is 6.07 Å². The number of carbonyl (C=O) groups excluding carboxylic acids is 1. The molecule has 0 atom stereocenters. The van der Waals surface area contributed by atoms with Gasteiger partial charge in [-0.25, -0.2) is 9.37 Å². The van der Waals surface area contributed by atoms with E-state index in [1.165, 1.54) is 12.1 Å². The summed E-state index contributed by atoms with van der Waals surface area (Å²) in [6.07, 6.45) is 2.38. The second-order valence-corrected chi connectivity index (χ2v) is 9.68. The van der Waals surface area contributed by atoms with Gasteiger partial charge in [0, 0.05) is 17.4 Å². The van der Waals surface area contributed by atoms with E-state index in [0.717, 1.165) is 22.3 Å². The Morgan fingerprint density at radius 1 is 0.667 bits per heavy atom. The SMILES string of the molecule is O=Cc1cc(-n2cc(-c3ccccc3OCc3ccccc3)nc2-c2ccccc2OCc2ccccc2)ccc1F. The van der Waals surface area contributed by atoms with E-state index in [4.69, 9.17) is 14.5 Å². The van der Waals surface area contributed by atoms with Gasteiger partial charge in [0.05, 0.1) is 16.8 Å². The maximum atomic E-state index is 14.3. The first-order valence-electron chi connectivity index (χ1n) is 13.6. The minimum absolute atomic E-state index is 0.0334. The highest BCUT2D eigenvalue weighted by atomic mass is 19.1. The molecule has 0 spiro atoms. The Morgan fingerprint density at radius 2 is 1.21 bits per heavy atom. The number of ether oxygens (including phenoxy) is 2. The van der Waals surface area contributed by atoms with Gasteiger partial charge in [0.25, 0.3) is 0 Å². The minimum atomic E-state index is -0.582. The Hall–Kier alpha value is -5.49. The van der Waals surface area contributed by atoms with Crippen molar-refractivity contribution >= 4 is 6.29 Å². The van der Waals surface area contributed by atoms with Crippen LogP contribution in [0, 0.1) is 5.82 Å². The lowest BCUT2D eigenvalue weighted by Gasteiger charge is -2.13. The number of para-hydroxylation sites is 2. The summed E-state index contributed by atoms with van der Waals surface area (Å²) in [5.41, 5.74) is 4.85. The molecule has 0 aliphatic heterocycles. The van der Waals surface area contributed by atoms with Crippen LogP contribution < -0.4 is 9.47 Å². The third kappa shape index (κ3) is 5.83. The number of hydrogen-bond donors (Lipinski definition) is 0. The summed E-state index contributed by atoms with van der Waals surface area (Å²) in [6.45, 7) is 0.787. The predicted molar refractivity (Wildman–Crippen MR) is 161 cm³/mol. The third-order valence-electron chi connectivity index (χ3n) is 6.86. The lowest BCUT2D eigenvalue weighted by Crippen LogP contribution is -2.01. The fourth-order valence-electron chi connectivity index (χ4n) is 4.72. The molecule has 0 aliphatic rings. The average molecular weight is 555 g/mol. The van der Waals surface area contributed by atoms with Crippen LogP contribution in [0.2, 0.25) is 0 Å². The van der Waals surface area contributed by atoms with Crippen LogP contribution in [0.25, 0.3) is 28.3 Å². The molecular weight excluding hydrogens is 527 g/mol. The van der Waals surface area contributed by atoms with Gasteiger partial charge in [0.15, 0.2) is 6.29 Å². The molecule has 0 amide bonds. The van der Waals surface area contributed by atoms with E-state index in [-0.39, 0.29) is 5.56 Å². The van der Waals surface area contributed by atoms with Crippen molar-refractivity contribution in [3.63, 3.8) is 0 Å². The Bertz CT molecular complexity index is 1820. The van der Waals surface area contributed by atoms with Crippen LogP contribution in [0.3, 0.4) is 0 Å². The highest BCUT2D eigenvalue weighted by molar-refractivity contribution is 5.78. The van der Waals surface area contributed by atoms with E-state index in [0.29, 0.717) is 48.2 Å². The van der Waals surface area contributed by atoms with Gasteiger partial charge >= 0.3 is 0 Å². The predicted octanol–water partition coefficient (Wildman–Crippen LogP) is 8.32. The molecule has 0 saturated heterocycles. The Balaban J connectivity index is 1.44. The number of aromatic nitrogens is 2. The molecule has 5 nitrogen and oxygen atoms in total. The Kier molecular flexibility index (Phi) is 7.86. The molecule has 6 rings (SSSR count). The zero-order valence-electron chi connectivity index (χ0n) is 22.7. The second-order valence-electron chi connectivity index (χ2n) is 9.68. The van der Waals surface area contributed by atoms with Crippen LogP contribution >= 0.6 is 0 Å². The summed E-state index contributed by atoms with van der Waals surface area (Å²) >= 11 is 0. The normalized spacial score (nSPS) is 10.8. The van der Waals surface area contributed by atoms with E-state index in [2.05, 4.69) is 0 Å². The number of aldehydes is 1. The second kappa shape index (κ2) is 12.4. The molecule has 6 heteroatoms. The Morgan fingerprint density at radius 3 is 1.83 bits per heavy atom. The average Bonchev–Trinajstić information content (AvgIpc) is 3.49. The maximum Gasteiger partial charge on any atom is 0.153 e. The molecule has 0 saturated carbocycles. The molecule has 5 aromatic carbocycles. The Labute approximate surface area is 243 Å². The summed E-state index contributed by atoms with van der Waals surface area (Å²) < 4.78 is 28.6. The van der Waals surface area contributed by atoms with Crippen molar-refractivity contribution in [3.8, 4) is 39.8 Å². The van der Waals surface area contributed by atoms with Crippen molar-refractivity contribution in [3.05, 3.63) is 156 Å². The van der Waals surface area contributed by atoms with Crippen molar-refractivity contribution in [1.29, 1.82) is 0 Å². The van der Waals surface area contributed by atoms with E-state index < -0.39 is 5.82 Å². The van der Waals surface area contributed by atoms with Gasteiger partial charge in [0.2, 0.25) is 0 Å². The third-order valence-corrected chi connectivity index (χ3v) is 6.86. The smallest absolute Gasteiger partial charge is 0.153 e. The first kappa shape index (κ1) is 26.7. The summed E-state index contributed by atoms with van der Waals surface area (Å²) in [5, 5.41) is 0. The standard InChI is InChI=1S/C36H27FN2O3/c37-32-20-19-29(21-28(32)23-40)39-22-33(30-15-7-9-17-34(30)41-24-26-11-3-1-4-12-26)38-36(39)31-16-8-10-18-35(31)42-25-27-13-5-2-6-14-27/h1-23H,24-25H2. The summed E-state index contributed by atoms with van der Waals surface area (Å²) in [4.78, 5) is 16.7. The van der Waals surface area contributed by atoms with E-state index in [9.17, 15) is 9.18 Å². The first-order valence-corrected chi connectivity index (χ1v) is 13.6. The van der Waals surface area contributed by atoms with Gasteiger partial charge in [0.1, 0.15) is 36.4 Å². The number of rotatable bonds is 10. The zero-order chi connectivity index (χ0) is 28.7. The number of carbonyl (C=O) groups is 1. The fourth-order valence-corrected chi connectivity index (χ4v) is 4.72. The van der Waals surface area contributed by atoms with Crippen LogP contribution in [0.15, 0.2) is 134 Å². The lowest BCUT2D eigenvalue weighted by molar-refractivity contribution is 0.111. The quantitative estimate of drug-likeness (QED) is 0.160. The van der Waals surface area contributed by atoms with Crippen LogP contribution in [-0.4, -0.2) is 15.8 Å². The molecule has 0 bridgehead atoms. The zero-order valence-corrected chi connectivity index (χ0v) is 22.7. The summed E-state index contributed by atoms with van der Waals surface area (Å²) in [6, 6.07) is 39.7. The van der Waals surface area contributed by atoms with Crippen LogP contribution in [0.5, 0.6) is 11.5 Å². The molecule has 0 unspecified atom stereocenters. The fraction of sp³-hybridized carbons (Fsp3) is 0.0556. The highest BCUT2D eigenvalue weighted by Crippen LogP contribution is 2.37. The van der Waals surface area contributed by atoms with Crippen LogP contribution in [0.4, 0.5) is 4.39 Å². The molecule has 206 valence electrons. The van der Waals surface area contributed by atoms with Crippen molar-refractivity contribution in [2.45, 2.75) is 13.2 Å². The number of halogens is 1. The van der Waals surface area contributed by atoms with Crippen LogP contribution in [-0.2, 0) is 13.2 Å². The summed E-state index contributed by atoms with van der Waals surface area (Å²) in [7, 11) is 0. The maximum absolute atomic E-state index is 14.3. The first-order chi connectivity index (χ1) is 20.7. The number of benzene rings is 5. The van der Waals surface area contributed by atoms with Gasteiger partial charge in [-0.15, -0.1) is 0 Å². The number of hydrogen-bond acceptors (Lipinski definition) is 4. The molecule has 0 N–H and O–H groups in total. The highest BCUT2D eigenvalue weighted by Gasteiger charge is 2.19. The van der Waals surface area contributed by atoms with Gasteiger partial charge in [-0.2, -0.15) is 0 Å². The van der Waals surface area contributed by atoms with E-state index in [1.807, 2.05) is 120 Å². The van der Waals surface area contributed by atoms with Gasteiger partial charge in [-0.1, -0.05) is 84.9 Å². The molecule has 1 heterocycles. The van der Waals surface area contributed by atoms with Gasteiger partial charge in [-0.05, 0) is 53.6 Å². The molecule has 0 aliphatic carbocycles. The van der Waals surface area contributed by atoms with Gasteiger partial charge < -0.3 is 9.47 Å². The van der Waals surface area contributed by atoms with Gasteiger partial charge in [-0.3, -0.25) is 9.36 Å². The molecule has 0 radical (unpaired) electrons. The van der Waals surface area contributed by atoms with Crippen molar-refractivity contribution < 1.29 is 18.7 Å². The molecule has 0 fully saturated rings. The van der Waals surface area contributed by atoms with Crippen molar-refractivity contribution in [2.75, 3.05) is 0 Å². The minimum Gasteiger partial charge on any atom is -0.488 e. The summed E-state index contributed by atoms with van der Waals surface area (Å²) in [5.74, 6) is 1.32. The van der Waals surface area contributed by atoms with Crippen LogP contribution in [0.1, 0.15) is 21.5 Å². The number of imidazole rings is 1. The molecule has 1 aromatic heterocycles. The molecule has 42 heavy (non-hydrogen) atoms. The van der Waals surface area contributed by atoms with E-state index >= 15 is 0 Å². The van der Waals surface area contributed by atoms with Crippen molar-refractivity contribution in [2.24, 2.45) is 0 Å². The molecule has 6 aromatic rings. The number of nitrogens with zero attached hydrogens (tertiary/aromatic N) is 2. The largest absolute Gasteiger partial charge is 0.488 e. The monoisotopic (exact) mass is 554 g/mol.